The van der Waals surface area contributed by atoms with E-state index in [0.29, 0.717) is 12.1 Å². The maximum absolute atomic E-state index is 9.25. The van der Waals surface area contributed by atoms with Gasteiger partial charge in [-0.2, -0.15) is 0 Å². The molecule has 5 nitrogen and oxygen atoms in total. The number of pyridine rings is 1. The summed E-state index contributed by atoms with van der Waals surface area (Å²) in [5, 5.41) is 17.9. The standard InChI is InChI=1S/C16H22N4O/c1-2-3-8-20(9-10-21)15-11-13(16(17)18)12-6-4-5-7-14(12)19-15/h4-7,11,21H,2-3,8-10H2,1H3,(H3,17,18). The summed E-state index contributed by atoms with van der Waals surface area (Å²) >= 11 is 0. The largest absolute Gasteiger partial charge is 0.395 e. The van der Waals surface area contributed by atoms with Crippen LogP contribution in [-0.2, 0) is 0 Å². The molecule has 21 heavy (non-hydrogen) atoms. The van der Waals surface area contributed by atoms with Crippen LogP contribution in [0.2, 0.25) is 0 Å². The summed E-state index contributed by atoms with van der Waals surface area (Å²) in [6, 6.07) is 9.52. The number of aliphatic hydroxyl groups is 1. The molecule has 0 aliphatic rings. The first-order valence-electron chi connectivity index (χ1n) is 7.27. The number of nitrogens with two attached hydrogens (primary N) is 1. The normalized spacial score (nSPS) is 10.8. The van der Waals surface area contributed by atoms with Crippen molar-refractivity contribution in [1.82, 2.24) is 4.98 Å². The molecule has 1 aromatic carbocycles. The van der Waals surface area contributed by atoms with Gasteiger partial charge in [0.25, 0.3) is 0 Å². The summed E-state index contributed by atoms with van der Waals surface area (Å²) in [7, 11) is 0. The monoisotopic (exact) mass is 286 g/mol. The minimum absolute atomic E-state index is 0.0364. The quantitative estimate of drug-likeness (QED) is 0.537. The van der Waals surface area contributed by atoms with E-state index in [0.717, 1.165) is 36.1 Å². The van der Waals surface area contributed by atoms with Crippen LogP contribution in [-0.4, -0.2) is 35.6 Å². The van der Waals surface area contributed by atoms with E-state index in [9.17, 15) is 5.11 Å². The Kier molecular flexibility index (Phi) is 5.11. The molecule has 0 fully saturated rings. The lowest BCUT2D eigenvalue weighted by molar-refractivity contribution is 0.301. The van der Waals surface area contributed by atoms with Gasteiger partial charge in [-0.3, -0.25) is 5.41 Å². The van der Waals surface area contributed by atoms with Crippen LogP contribution in [0.25, 0.3) is 10.9 Å². The smallest absolute Gasteiger partial charge is 0.130 e. The summed E-state index contributed by atoms with van der Waals surface area (Å²) in [6.45, 7) is 3.57. The maximum Gasteiger partial charge on any atom is 0.130 e. The molecule has 0 atom stereocenters. The molecule has 112 valence electrons. The number of nitrogens with zero attached hydrogens (tertiary/aromatic N) is 2. The zero-order valence-corrected chi connectivity index (χ0v) is 12.3. The molecule has 1 heterocycles. The summed E-state index contributed by atoms with van der Waals surface area (Å²) in [5.74, 6) is 0.802. The van der Waals surface area contributed by atoms with Crippen molar-refractivity contribution in [1.29, 1.82) is 5.41 Å². The van der Waals surface area contributed by atoms with Crippen molar-refractivity contribution in [3.05, 3.63) is 35.9 Å². The Morgan fingerprint density at radius 1 is 1.33 bits per heavy atom. The van der Waals surface area contributed by atoms with E-state index in [1.807, 2.05) is 35.2 Å². The number of fused-ring (bicyclic) bond motifs is 1. The van der Waals surface area contributed by atoms with Gasteiger partial charge in [0.15, 0.2) is 0 Å². The molecule has 0 unspecified atom stereocenters. The van der Waals surface area contributed by atoms with Crippen LogP contribution in [0, 0.1) is 5.41 Å². The zero-order valence-electron chi connectivity index (χ0n) is 12.3. The van der Waals surface area contributed by atoms with E-state index in [2.05, 4.69) is 11.9 Å². The highest BCUT2D eigenvalue weighted by molar-refractivity contribution is 6.07. The van der Waals surface area contributed by atoms with Crippen LogP contribution in [0.3, 0.4) is 0 Å². The fraction of sp³-hybridized carbons (Fsp3) is 0.375. The Balaban J connectivity index is 2.49. The Morgan fingerprint density at radius 3 is 2.76 bits per heavy atom. The van der Waals surface area contributed by atoms with E-state index in [1.54, 1.807) is 0 Å². The second kappa shape index (κ2) is 7.04. The predicted molar refractivity (Wildman–Crippen MR) is 87.0 cm³/mol. The number of hydrogen-bond acceptors (Lipinski definition) is 4. The number of rotatable bonds is 7. The SMILES string of the molecule is CCCCN(CCO)c1cc(C(=N)N)c2ccccc2n1. The first-order valence-corrected chi connectivity index (χ1v) is 7.27. The van der Waals surface area contributed by atoms with Crippen molar-refractivity contribution >= 4 is 22.6 Å². The van der Waals surface area contributed by atoms with Gasteiger partial charge in [0.05, 0.1) is 12.1 Å². The van der Waals surface area contributed by atoms with Crippen LogP contribution < -0.4 is 10.6 Å². The summed E-state index contributed by atoms with van der Waals surface area (Å²) < 4.78 is 0. The number of benzene rings is 1. The van der Waals surface area contributed by atoms with E-state index >= 15 is 0 Å². The topological polar surface area (TPSA) is 86.2 Å². The number of amidine groups is 1. The van der Waals surface area contributed by atoms with Gasteiger partial charge >= 0.3 is 0 Å². The number of para-hydroxylation sites is 1. The van der Waals surface area contributed by atoms with Gasteiger partial charge in [0.2, 0.25) is 0 Å². The van der Waals surface area contributed by atoms with E-state index in [4.69, 9.17) is 11.1 Å². The number of aliphatic hydroxyl groups excluding tert-OH is 1. The number of unbranched alkanes of at least 4 members (excludes halogenated alkanes) is 1. The molecular formula is C16H22N4O. The molecule has 0 aliphatic carbocycles. The van der Waals surface area contributed by atoms with Crippen molar-refractivity contribution in [2.75, 3.05) is 24.6 Å². The van der Waals surface area contributed by atoms with Gasteiger partial charge in [0.1, 0.15) is 11.7 Å². The molecule has 5 heteroatoms. The van der Waals surface area contributed by atoms with Crippen molar-refractivity contribution in [3.8, 4) is 0 Å². The van der Waals surface area contributed by atoms with Crippen LogP contribution >= 0.6 is 0 Å². The summed E-state index contributed by atoms with van der Waals surface area (Å²) in [4.78, 5) is 6.70. The highest BCUT2D eigenvalue weighted by atomic mass is 16.3. The first-order chi connectivity index (χ1) is 10.2. The van der Waals surface area contributed by atoms with Gasteiger partial charge in [-0.25, -0.2) is 4.98 Å². The molecule has 0 bridgehead atoms. The van der Waals surface area contributed by atoms with Crippen LogP contribution in [0.1, 0.15) is 25.3 Å². The first kappa shape index (κ1) is 15.3. The van der Waals surface area contributed by atoms with E-state index in [-0.39, 0.29) is 12.4 Å². The van der Waals surface area contributed by atoms with Gasteiger partial charge in [-0.1, -0.05) is 31.5 Å². The zero-order chi connectivity index (χ0) is 15.2. The highest BCUT2D eigenvalue weighted by Crippen LogP contribution is 2.23. The second-order valence-corrected chi connectivity index (χ2v) is 5.02. The average molecular weight is 286 g/mol. The molecule has 0 amide bonds. The number of hydrogen-bond donors (Lipinski definition) is 3. The minimum Gasteiger partial charge on any atom is -0.395 e. The molecule has 1 aromatic heterocycles. The third-order valence-corrected chi connectivity index (χ3v) is 3.47. The van der Waals surface area contributed by atoms with Gasteiger partial charge < -0.3 is 15.7 Å². The summed E-state index contributed by atoms with van der Waals surface area (Å²) in [5.41, 5.74) is 7.22. The third kappa shape index (κ3) is 3.49. The molecule has 2 aromatic rings. The molecule has 2 rings (SSSR count). The lowest BCUT2D eigenvalue weighted by Crippen LogP contribution is -2.29. The van der Waals surface area contributed by atoms with Crippen molar-refractivity contribution in [3.63, 3.8) is 0 Å². The second-order valence-electron chi connectivity index (χ2n) is 5.02. The molecule has 0 saturated carbocycles. The molecule has 0 spiro atoms. The number of nitrogen functional groups attached to an aromatic ring is 1. The number of nitrogens with one attached hydrogen (secondary N) is 1. The molecule has 0 aliphatic heterocycles. The van der Waals surface area contributed by atoms with Crippen LogP contribution in [0.15, 0.2) is 30.3 Å². The van der Waals surface area contributed by atoms with E-state index in [1.165, 1.54) is 0 Å². The maximum atomic E-state index is 9.25. The fourth-order valence-corrected chi connectivity index (χ4v) is 2.36. The van der Waals surface area contributed by atoms with Gasteiger partial charge in [-0.15, -0.1) is 0 Å². The average Bonchev–Trinajstić information content (AvgIpc) is 2.50. The number of anilines is 1. The van der Waals surface area contributed by atoms with E-state index < -0.39 is 0 Å². The van der Waals surface area contributed by atoms with Crippen molar-refractivity contribution in [2.24, 2.45) is 5.73 Å². The molecule has 0 radical (unpaired) electrons. The highest BCUT2D eigenvalue weighted by Gasteiger charge is 2.12. The Hall–Kier alpha value is -2.14. The molecule has 4 N–H and O–H groups in total. The predicted octanol–water partition coefficient (Wildman–Crippen LogP) is 2.12. The number of aromatic nitrogens is 1. The summed E-state index contributed by atoms with van der Waals surface area (Å²) in [6.07, 6.45) is 2.11. The lowest BCUT2D eigenvalue weighted by Gasteiger charge is -2.23. The Bertz CT molecular complexity index is 627. The lowest BCUT2D eigenvalue weighted by atomic mass is 10.1. The minimum atomic E-state index is 0.0364. The van der Waals surface area contributed by atoms with Crippen LogP contribution in [0.5, 0.6) is 0 Å². The Morgan fingerprint density at radius 2 is 2.10 bits per heavy atom. The Labute approximate surface area is 124 Å². The van der Waals surface area contributed by atoms with Gasteiger partial charge in [-0.05, 0) is 18.6 Å². The third-order valence-electron chi connectivity index (χ3n) is 3.47. The van der Waals surface area contributed by atoms with Crippen molar-refractivity contribution in [2.45, 2.75) is 19.8 Å². The fourth-order valence-electron chi connectivity index (χ4n) is 2.36. The molecular weight excluding hydrogens is 264 g/mol. The van der Waals surface area contributed by atoms with Crippen LogP contribution in [0.4, 0.5) is 5.82 Å². The van der Waals surface area contributed by atoms with Crippen molar-refractivity contribution < 1.29 is 5.11 Å². The molecule has 0 saturated heterocycles. The van der Waals surface area contributed by atoms with Gasteiger partial charge in [0, 0.05) is 24.0 Å².